The first-order valence-electron chi connectivity index (χ1n) is 14.9. The predicted molar refractivity (Wildman–Crippen MR) is 175 cm³/mol. The van der Waals surface area contributed by atoms with Crippen molar-refractivity contribution >= 4 is 35.6 Å². The van der Waals surface area contributed by atoms with E-state index in [0.717, 1.165) is 12.5 Å². The fraction of sp³-hybridized carbons (Fsp3) is 0.389. The first kappa shape index (κ1) is 30.6. The molecule has 2 saturated heterocycles. The Kier molecular flexibility index (Phi) is 11.5. The first-order valence-corrected chi connectivity index (χ1v) is 14.9. The monoisotopic (exact) mass is 574 g/mol. The molecule has 0 aromatic heterocycles. The highest BCUT2D eigenvalue weighted by atomic mass is 35.5. The van der Waals surface area contributed by atoms with Crippen molar-refractivity contribution in [3.8, 4) is 0 Å². The predicted octanol–water partition coefficient (Wildman–Crippen LogP) is 8.78. The van der Waals surface area contributed by atoms with Crippen LogP contribution in [0.25, 0.3) is 10.8 Å². The Labute approximate surface area is 253 Å². The number of fused-ring (bicyclic) bond motifs is 1. The fourth-order valence-corrected chi connectivity index (χ4v) is 7.14. The van der Waals surface area contributed by atoms with Gasteiger partial charge in [-0.3, -0.25) is 4.90 Å². The molecule has 40 heavy (non-hydrogen) atoms. The summed E-state index contributed by atoms with van der Waals surface area (Å²) in [7, 11) is 0. The van der Waals surface area contributed by atoms with Crippen molar-refractivity contribution in [2.24, 2.45) is 5.92 Å². The van der Waals surface area contributed by atoms with Crippen molar-refractivity contribution in [1.29, 1.82) is 0 Å². The summed E-state index contributed by atoms with van der Waals surface area (Å²) in [6.45, 7) is 5.99. The van der Waals surface area contributed by atoms with Gasteiger partial charge in [0.25, 0.3) is 0 Å². The molecule has 0 spiro atoms. The van der Waals surface area contributed by atoms with Gasteiger partial charge >= 0.3 is 0 Å². The first-order chi connectivity index (χ1) is 18.8. The highest BCUT2D eigenvalue weighted by Crippen LogP contribution is 2.38. The van der Waals surface area contributed by atoms with E-state index in [1.165, 1.54) is 86.6 Å². The molecule has 2 nitrogen and oxygen atoms in total. The summed E-state index contributed by atoms with van der Waals surface area (Å²) in [4.78, 5) is 5.57. The molecule has 2 aliphatic rings. The van der Waals surface area contributed by atoms with E-state index in [2.05, 4.69) is 113 Å². The number of rotatable bonds is 8. The van der Waals surface area contributed by atoms with E-state index in [9.17, 15) is 0 Å². The summed E-state index contributed by atoms with van der Waals surface area (Å²) in [5.74, 6) is 1.43. The minimum Gasteiger partial charge on any atom is -0.303 e. The quantitative estimate of drug-likeness (QED) is 0.207. The van der Waals surface area contributed by atoms with E-state index >= 15 is 0 Å². The summed E-state index contributed by atoms with van der Waals surface area (Å²) < 4.78 is 0. The van der Waals surface area contributed by atoms with Gasteiger partial charge in [-0.2, -0.15) is 0 Å². The van der Waals surface area contributed by atoms with Crippen LogP contribution in [0.3, 0.4) is 0 Å². The zero-order valence-electron chi connectivity index (χ0n) is 23.5. The van der Waals surface area contributed by atoms with Crippen LogP contribution in [0.15, 0.2) is 103 Å². The van der Waals surface area contributed by atoms with Gasteiger partial charge in [0.2, 0.25) is 0 Å². The van der Waals surface area contributed by atoms with E-state index in [0.29, 0.717) is 12.0 Å². The number of nitrogens with zero attached hydrogens (tertiary/aromatic N) is 2. The summed E-state index contributed by atoms with van der Waals surface area (Å²) in [6, 6.07) is 38.8. The van der Waals surface area contributed by atoms with Gasteiger partial charge in [-0.05, 0) is 98.1 Å². The van der Waals surface area contributed by atoms with Crippen LogP contribution in [0.4, 0.5) is 0 Å². The number of halogens is 2. The molecule has 6 rings (SSSR count). The third-order valence-corrected chi connectivity index (χ3v) is 9.16. The van der Waals surface area contributed by atoms with Gasteiger partial charge in [0.05, 0.1) is 0 Å². The van der Waals surface area contributed by atoms with Crippen molar-refractivity contribution in [1.82, 2.24) is 9.80 Å². The molecule has 2 unspecified atom stereocenters. The van der Waals surface area contributed by atoms with Crippen molar-refractivity contribution in [2.75, 3.05) is 26.2 Å². The zero-order valence-corrected chi connectivity index (χ0v) is 25.2. The van der Waals surface area contributed by atoms with Crippen LogP contribution in [-0.2, 0) is 13.0 Å². The van der Waals surface area contributed by atoms with E-state index in [1.54, 1.807) is 5.56 Å². The van der Waals surface area contributed by atoms with Crippen LogP contribution in [0.2, 0.25) is 0 Å². The standard InChI is InChI=1S/C36H42N2.2ClH/c1-3-11-29(12-4-1)27-30-20-24-37(25-21-30)26-22-36-35(34-18-9-16-32-15-7-8-17-33(32)34)19-10-23-38(36)28-31-13-5-2-6-14-31;;/h1-9,11-18,30,35-36H,10,19-28H2;2*1H. The Balaban J connectivity index is 0.00000185. The normalized spacial score (nSPS) is 20.5. The van der Waals surface area contributed by atoms with Gasteiger partial charge in [-0.25, -0.2) is 0 Å². The van der Waals surface area contributed by atoms with Crippen LogP contribution < -0.4 is 0 Å². The minimum absolute atomic E-state index is 0. The molecule has 0 bridgehead atoms. The summed E-state index contributed by atoms with van der Waals surface area (Å²) in [5, 5.41) is 2.83. The molecule has 2 heterocycles. The molecular formula is C36H44Cl2N2. The molecule has 0 radical (unpaired) electrons. The van der Waals surface area contributed by atoms with Gasteiger partial charge in [-0.15, -0.1) is 24.8 Å². The molecule has 2 aliphatic heterocycles. The Bertz CT molecular complexity index is 1280. The van der Waals surface area contributed by atoms with Gasteiger partial charge < -0.3 is 4.90 Å². The lowest BCUT2D eigenvalue weighted by Gasteiger charge is -2.43. The number of piperidine rings is 2. The molecule has 4 aromatic carbocycles. The van der Waals surface area contributed by atoms with E-state index in [-0.39, 0.29) is 24.8 Å². The van der Waals surface area contributed by atoms with Crippen LogP contribution in [0.5, 0.6) is 0 Å². The molecule has 0 amide bonds. The average molecular weight is 576 g/mol. The van der Waals surface area contributed by atoms with E-state index < -0.39 is 0 Å². The summed E-state index contributed by atoms with van der Waals surface area (Å²) in [5.41, 5.74) is 4.51. The smallest absolute Gasteiger partial charge is 0.0236 e. The topological polar surface area (TPSA) is 6.48 Å². The van der Waals surface area contributed by atoms with E-state index in [4.69, 9.17) is 0 Å². The zero-order chi connectivity index (χ0) is 25.6. The van der Waals surface area contributed by atoms with Crippen LogP contribution >= 0.6 is 24.8 Å². The molecule has 212 valence electrons. The average Bonchev–Trinajstić information content (AvgIpc) is 2.98. The second kappa shape index (κ2) is 15.0. The lowest BCUT2D eigenvalue weighted by molar-refractivity contribution is 0.0917. The molecule has 2 atom stereocenters. The number of benzene rings is 4. The molecule has 0 N–H and O–H groups in total. The van der Waals surface area contributed by atoms with Crippen molar-refractivity contribution in [3.63, 3.8) is 0 Å². The third-order valence-electron chi connectivity index (χ3n) is 9.16. The Morgan fingerprint density at radius 3 is 2.02 bits per heavy atom. The lowest BCUT2D eigenvalue weighted by atomic mass is 9.79. The van der Waals surface area contributed by atoms with Gasteiger partial charge in [0.15, 0.2) is 0 Å². The molecular weight excluding hydrogens is 531 g/mol. The minimum atomic E-state index is 0. The van der Waals surface area contributed by atoms with Crippen LogP contribution in [0.1, 0.15) is 54.7 Å². The maximum atomic E-state index is 2.81. The second-order valence-electron chi connectivity index (χ2n) is 11.6. The molecule has 2 fully saturated rings. The van der Waals surface area contributed by atoms with Crippen LogP contribution in [-0.4, -0.2) is 42.0 Å². The van der Waals surface area contributed by atoms with Crippen LogP contribution in [0, 0.1) is 5.92 Å². The number of hydrogen-bond acceptors (Lipinski definition) is 2. The van der Waals surface area contributed by atoms with Gasteiger partial charge in [-0.1, -0.05) is 103 Å². The molecule has 0 aliphatic carbocycles. The van der Waals surface area contributed by atoms with E-state index in [1.807, 2.05) is 0 Å². The lowest BCUT2D eigenvalue weighted by Crippen LogP contribution is -2.46. The highest BCUT2D eigenvalue weighted by Gasteiger charge is 2.33. The number of hydrogen-bond donors (Lipinski definition) is 0. The van der Waals surface area contributed by atoms with Crippen molar-refractivity contribution in [3.05, 3.63) is 120 Å². The SMILES string of the molecule is Cl.Cl.c1ccc(CC2CCN(CCC3C(c4cccc5ccccc45)CCCN3Cc3ccccc3)CC2)cc1. The largest absolute Gasteiger partial charge is 0.303 e. The maximum absolute atomic E-state index is 2.81. The van der Waals surface area contributed by atoms with Gasteiger partial charge in [0, 0.05) is 18.5 Å². The highest BCUT2D eigenvalue weighted by molar-refractivity contribution is 5.86. The fourth-order valence-electron chi connectivity index (χ4n) is 7.14. The third kappa shape index (κ3) is 7.47. The maximum Gasteiger partial charge on any atom is 0.0236 e. The molecule has 4 heteroatoms. The van der Waals surface area contributed by atoms with Gasteiger partial charge in [0.1, 0.15) is 0 Å². The van der Waals surface area contributed by atoms with Crippen molar-refractivity contribution in [2.45, 2.75) is 57.0 Å². The Morgan fingerprint density at radius 2 is 1.27 bits per heavy atom. The molecule has 4 aromatic rings. The summed E-state index contributed by atoms with van der Waals surface area (Å²) in [6.07, 6.45) is 7.74. The Morgan fingerprint density at radius 1 is 0.625 bits per heavy atom. The molecule has 0 saturated carbocycles. The second-order valence-corrected chi connectivity index (χ2v) is 11.6. The Hall–Kier alpha value is -2.36. The van der Waals surface area contributed by atoms with Crippen molar-refractivity contribution < 1.29 is 0 Å². The summed E-state index contributed by atoms with van der Waals surface area (Å²) >= 11 is 0. The number of likely N-dealkylation sites (tertiary alicyclic amines) is 2.